The fraction of sp³-hybridized carbons (Fsp3) is 0. The van der Waals surface area contributed by atoms with Gasteiger partial charge in [-0.1, -0.05) is 6.07 Å². The second-order valence-electron chi connectivity index (χ2n) is 3.47. The molecule has 0 fully saturated rings. The van der Waals surface area contributed by atoms with Crippen LogP contribution in [0.3, 0.4) is 0 Å². The zero-order chi connectivity index (χ0) is 12.3. The SMILES string of the molecule is N/C=C\C(=C/N)c1ccc2ncnc(N)c2c1. The number of hydrogen-bond acceptors (Lipinski definition) is 5. The zero-order valence-corrected chi connectivity index (χ0v) is 9.17. The molecule has 0 aliphatic carbocycles. The summed E-state index contributed by atoms with van der Waals surface area (Å²) in [6.45, 7) is 0. The average molecular weight is 227 g/mol. The number of fused-ring (bicyclic) bond motifs is 1. The lowest BCUT2D eigenvalue weighted by Crippen LogP contribution is -1.95. The van der Waals surface area contributed by atoms with E-state index in [-0.39, 0.29) is 0 Å². The number of rotatable bonds is 2. The van der Waals surface area contributed by atoms with Crippen LogP contribution in [-0.2, 0) is 0 Å². The van der Waals surface area contributed by atoms with E-state index in [9.17, 15) is 0 Å². The molecule has 0 spiro atoms. The molecule has 17 heavy (non-hydrogen) atoms. The third kappa shape index (κ3) is 2.03. The van der Waals surface area contributed by atoms with E-state index in [0.29, 0.717) is 5.82 Å². The Bertz CT molecular complexity index is 601. The maximum absolute atomic E-state index is 5.80. The van der Waals surface area contributed by atoms with Crippen LogP contribution in [0.2, 0.25) is 0 Å². The number of anilines is 1. The van der Waals surface area contributed by atoms with Crippen LogP contribution < -0.4 is 17.2 Å². The molecule has 5 nitrogen and oxygen atoms in total. The van der Waals surface area contributed by atoms with Gasteiger partial charge in [-0.2, -0.15) is 0 Å². The Morgan fingerprint density at radius 3 is 2.71 bits per heavy atom. The summed E-state index contributed by atoms with van der Waals surface area (Å²) in [7, 11) is 0. The molecule has 5 heteroatoms. The smallest absolute Gasteiger partial charge is 0.134 e. The molecule has 2 aromatic rings. The molecule has 0 unspecified atom stereocenters. The van der Waals surface area contributed by atoms with E-state index in [1.165, 1.54) is 18.7 Å². The Morgan fingerprint density at radius 1 is 1.18 bits per heavy atom. The van der Waals surface area contributed by atoms with Crippen LogP contribution in [0.15, 0.2) is 43.0 Å². The molecule has 0 saturated heterocycles. The number of nitrogen functional groups attached to an aromatic ring is 1. The minimum Gasteiger partial charge on any atom is -0.405 e. The van der Waals surface area contributed by atoms with E-state index in [4.69, 9.17) is 17.2 Å². The molecule has 1 heterocycles. The van der Waals surface area contributed by atoms with Crippen molar-refractivity contribution in [3.05, 3.63) is 48.6 Å². The lowest BCUT2D eigenvalue weighted by Gasteiger charge is -2.05. The minimum absolute atomic E-state index is 0.449. The summed E-state index contributed by atoms with van der Waals surface area (Å²) in [5.74, 6) is 0.449. The first kappa shape index (κ1) is 10.9. The van der Waals surface area contributed by atoms with Crippen LogP contribution in [0.5, 0.6) is 0 Å². The lowest BCUT2D eigenvalue weighted by molar-refractivity contribution is 1.23. The van der Waals surface area contributed by atoms with Crippen molar-refractivity contribution < 1.29 is 0 Å². The van der Waals surface area contributed by atoms with E-state index in [1.54, 1.807) is 6.08 Å². The second-order valence-corrected chi connectivity index (χ2v) is 3.47. The van der Waals surface area contributed by atoms with Crippen molar-refractivity contribution in [1.82, 2.24) is 9.97 Å². The van der Waals surface area contributed by atoms with E-state index in [0.717, 1.165) is 22.0 Å². The fourth-order valence-corrected chi connectivity index (χ4v) is 1.61. The molecule has 0 atom stereocenters. The van der Waals surface area contributed by atoms with Gasteiger partial charge >= 0.3 is 0 Å². The van der Waals surface area contributed by atoms with E-state index in [1.807, 2.05) is 18.2 Å². The molecule has 0 saturated carbocycles. The third-order valence-electron chi connectivity index (χ3n) is 2.45. The maximum atomic E-state index is 5.80. The Hall–Kier alpha value is -2.56. The number of benzene rings is 1. The summed E-state index contributed by atoms with van der Waals surface area (Å²) < 4.78 is 0. The molecule has 0 aliphatic heterocycles. The molecular formula is C12H13N5. The summed E-state index contributed by atoms with van der Waals surface area (Å²) >= 11 is 0. The molecule has 0 radical (unpaired) electrons. The Balaban J connectivity index is 2.62. The first-order valence-corrected chi connectivity index (χ1v) is 5.07. The highest BCUT2D eigenvalue weighted by Crippen LogP contribution is 2.22. The normalized spacial score (nSPS) is 12.4. The Kier molecular flexibility index (Phi) is 2.91. The van der Waals surface area contributed by atoms with Gasteiger partial charge in [0.1, 0.15) is 12.1 Å². The van der Waals surface area contributed by atoms with Crippen molar-refractivity contribution in [3.8, 4) is 0 Å². The number of nitrogens with zero attached hydrogens (tertiary/aromatic N) is 2. The number of hydrogen-bond donors (Lipinski definition) is 3. The van der Waals surface area contributed by atoms with Crippen LogP contribution in [0.25, 0.3) is 16.5 Å². The molecule has 86 valence electrons. The molecule has 0 bridgehead atoms. The second kappa shape index (κ2) is 4.52. The van der Waals surface area contributed by atoms with Crippen LogP contribution in [-0.4, -0.2) is 9.97 Å². The van der Waals surface area contributed by atoms with Gasteiger partial charge in [0.25, 0.3) is 0 Å². The van der Waals surface area contributed by atoms with Gasteiger partial charge < -0.3 is 17.2 Å². The van der Waals surface area contributed by atoms with Gasteiger partial charge in [0.15, 0.2) is 0 Å². The van der Waals surface area contributed by atoms with Crippen molar-refractivity contribution in [2.24, 2.45) is 11.5 Å². The predicted octanol–water partition coefficient (Wildman–Crippen LogP) is 0.984. The largest absolute Gasteiger partial charge is 0.405 e. The Morgan fingerprint density at radius 2 is 2.00 bits per heavy atom. The summed E-state index contributed by atoms with van der Waals surface area (Å²) in [5.41, 5.74) is 19.2. The molecule has 6 N–H and O–H groups in total. The van der Waals surface area contributed by atoms with Gasteiger partial charge in [0, 0.05) is 11.6 Å². The highest BCUT2D eigenvalue weighted by Gasteiger charge is 2.03. The van der Waals surface area contributed by atoms with Crippen molar-refractivity contribution in [1.29, 1.82) is 0 Å². The average Bonchev–Trinajstić information content (AvgIpc) is 2.36. The maximum Gasteiger partial charge on any atom is 0.134 e. The Labute approximate surface area is 98.7 Å². The van der Waals surface area contributed by atoms with Crippen LogP contribution >= 0.6 is 0 Å². The summed E-state index contributed by atoms with van der Waals surface area (Å²) in [6.07, 6.45) is 6.09. The van der Waals surface area contributed by atoms with Crippen molar-refractivity contribution in [3.63, 3.8) is 0 Å². The van der Waals surface area contributed by atoms with Crippen molar-refractivity contribution in [2.75, 3.05) is 5.73 Å². The third-order valence-corrected chi connectivity index (χ3v) is 2.45. The van der Waals surface area contributed by atoms with E-state index in [2.05, 4.69) is 9.97 Å². The molecule has 2 rings (SSSR count). The minimum atomic E-state index is 0.449. The summed E-state index contributed by atoms with van der Waals surface area (Å²) in [4.78, 5) is 8.08. The monoisotopic (exact) mass is 227 g/mol. The number of nitrogens with two attached hydrogens (primary N) is 3. The van der Waals surface area contributed by atoms with Crippen LogP contribution in [0, 0.1) is 0 Å². The highest BCUT2D eigenvalue weighted by molar-refractivity contribution is 5.91. The molecular weight excluding hydrogens is 214 g/mol. The molecule has 1 aromatic heterocycles. The molecule has 0 aliphatic rings. The number of aromatic nitrogens is 2. The fourth-order valence-electron chi connectivity index (χ4n) is 1.61. The first-order valence-electron chi connectivity index (χ1n) is 5.07. The van der Waals surface area contributed by atoms with Gasteiger partial charge in [0.05, 0.1) is 5.52 Å². The standard InChI is InChI=1S/C12H13N5/c13-4-3-9(6-14)8-1-2-11-10(5-8)12(15)17-7-16-11/h1-7H,13-14H2,(H2,15,16,17)/b4-3-,9-6+. The van der Waals surface area contributed by atoms with Crippen LogP contribution in [0.1, 0.15) is 5.56 Å². The van der Waals surface area contributed by atoms with Gasteiger partial charge in [0.2, 0.25) is 0 Å². The predicted molar refractivity (Wildman–Crippen MR) is 69.4 cm³/mol. The zero-order valence-electron chi connectivity index (χ0n) is 9.17. The summed E-state index contributed by atoms with van der Waals surface area (Å²) in [5, 5.41) is 0.801. The quantitative estimate of drug-likeness (QED) is 0.663. The van der Waals surface area contributed by atoms with Gasteiger partial charge in [-0.25, -0.2) is 9.97 Å². The molecule has 1 aromatic carbocycles. The van der Waals surface area contributed by atoms with E-state index >= 15 is 0 Å². The van der Waals surface area contributed by atoms with Gasteiger partial charge in [-0.15, -0.1) is 0 Å². The molecule has 0 amide bonds. The van der Waals surface area contributed by atoms with Crippen molar-refractivity contribution >= 4 is 22.3 Å². The van der Waals surface area contributed by atoms with Gasteiger partial charge in [-0.3, -0.25) is 0 Å². The van der Waals surface area contributed by atoms with Gasteiger partial charge in [-0.05, 0) is 35.5 Å². The summed E-state index contributed by atoms with van der Waals surface area (Å²) in [6, 6.07) is 5.67. The van der Waals surface area contributed by atoms with E-state index < -0.39 is 0 Å². The first-order chi connectivity index (χ1) is 8.26. The van der Waals surface area contributed by atoms with Crippen LogP contribution in [0.4, 0.5) is 5.82 Å². The topological polar surface area (TPSA) is 104 Å². The lowest BCUT2D eigenvalue weighted by atomic mass is 10.0. The highest BCUT2D eigenvalue weighted by atomic mass is 14.9. The van der Waals surface area contributed by atoms with Crippen molar-refractivity contribution in [2.45, 2.75) is 0 Å². The number of allylic oxidation sites excluding steroid dienone is 2.